The van der Waals surface area contributed by atoms with Crippen LogP contribution in [0.4, 0.5) is 5.69 Å². The minimum absolute atomic E-state index is 0.0678. The summed E-state index contributed by atoms with van der Waals surface area (Å²) in [5, 5.41) is 6.73. The zero-order valence-corrected chi connectivity index (χ0v) is 11.9. The molecule has 0 radical (unpaired) electrons. The number of hydrogen-bond donors (Lipinski definition) is 2. The molecule has 1 aromatic carbocycles. The van der Waals surface area contributed by atoms with Crippen molar-refractivity contribution in [2.24, 2.45) is 0 Å². The van der Waals surface area contributed by atoms with Gasteiger partial charge < -0.3 is 14.8 Å². The first-order chi connectivity index (χ1) is 10.6. The van der Waals surface area contributed by atoms with Gasteiger partial charge in [-0.3, -0.25) is 9.59 Å². The van der Waals surface area contributed by atoms with Crippen LogP contribution in [0.15, 0.2) is 58.0 Å². The van der Waals surface area contributed by atoms with Gasteiger partial charge in [0.1, 0.15) is 5.69 Å². The molecule has 2 aromatic heterocycles. The fourth-order valence-corrected chi connectivity index (χ4v) is 2.06. The molecular formula is C15H10ClN3O3. The lowest BCUT2D eigenvalue weighted by Crippen LogP contribution is -2.19. The number of amides is 1. The Bertz CT molecular complexity index is 885. The molecule has 0 atom stereocenters. The van der Waals surface area contributed by atoms with E-state index in [1.165, 1.54) is 18.3 Å². The van der Waals surface area contributed by atoms with Crippen molar-refractivity contribution in [2.45, 2.75) is 0 Å². The van der Waals surface area contributed by atoms with Gasteiger partial charge in [0.25, 0.3) is 11.5 Å². The minimum Gasteiger partial charge on any atom is -0.355 e. The predicted octanol–water partition coefficient (Wildman–Crippen LogP) is 2.94. The highest BCUT2D eigenvalue weighted by molar-refractivity contribution is 6.30. The molecule has 2 heterocycles. The van der Waals surface area contributed by atoms with Crippen LogP contribution in [-0.2, 0) is 0 Å². The lowest BCUT2D eigenvalue weighted by atomic mass is 10.1. The molecule has 3 aromatic rings. The number of carbonyl (C=O) groups excluding carboxylic acids is 1. The molecule has 0 aliphatic rings. The highest BCUT2D eigenvalue weighted by Crippen LogP contribution is 2.23. The van der Waals surface area contributed by atoms with Gasteiger partial charge in [-0.05, 0) is 24.3 Å². The van der Waals surface area contributed by atoms with Crippen LogP contribution in [0.5, 0.6) is 0 Å². The van der Waals surface area contributed by atoms with E-state index in [9.17, 15) is 9.59 Å². The number of anilines is 1. The molecule has 1 amide bonds. The molecule has 3 rings (SSSR count). The molecular weight excluding hydrogens is 306 g/mol. The molecule has 22 heavy (non-hydrogen) atoms. The second kappa shape index (κ2) is 5.87. The average Bonchev–Trinajstić information content (AvgIpc) is 2.99. The van der Waals surface area contributed by atoms with Gasteiger partial charge in [0.2, 0.25) is 0 Å². The molecule has 0 aliphatic heterocycles. The Morgan fingerprint density at radius 3 is 2.86 bits per heavy atom. The number of carbonyl (C=O) groups is 1. The first-order valence-electron chi connectivity index (χ1n) is 6.35. The van der Waals surface area contributed by atoms with E-state index in [-0.39, 0.29) is 11.4 Å². The molecule has 0 fully saturated rings. The van der Waals surface area contributed by atoms with Crippen molar-refractivity contribution >= 4 is 23.2 Å². The Morgan fingerprint density at radius 1 is 1.23 bits per heavy atom. The first kappa shape index (κ1) is 14.1. The summed E-state index contributed by atoms with van der Waals surface area (Å²) in [4.78, 5) is 26.1. The van der Waals surface area contributed by atoms with E-state index < -0.39 is 11.5 Å². The zero-order chi connectivity index (χ0) is 15.5. The maximum Gasteiger partial charge on any atom is 0.278 e. The van der Waals surface area contributed by atoms with Crippen molar-refractivity contribution in [1.29, 1.82) is 0 Å². The zero-order valence-electron chi connectivity index (χ0n) is 11.2. The average molecular weight is 316 g/mol. The largest absolute Gasteiger partial charge is 0.355 e. The van der Waals surface area contributed by atoms with Crippen molar-refractivity contribution in [1.82, 2.24) is 10.1 Å². The van der Waals surface area contributed by atoms with E-state index in [1.54, 1.807) is 30.3 Å². The van der Waals surface area contributed by atoms with Crippen molar-refractivity contribution in [3.8, 4) is 11.3 Å². The summed E-state index contributed by atoms with van der Waals surface area (Å²) in [7, 11) is 0. The third-order valence-corrected chi connectivity index (χ3v) is 3.15. The smallest absolute Gasteiger partial charge is 0.278 e. The highest BCUT2D eigenvalue weighted by atomic mass is 35.5. The summed E-state index contributed by atoms with van der Waals surface area (Å²) in [6.45, 7) is 0. The van der Waals surface area contributed by atoms with Crippen molar-refractivity contribution in [2.75, 3.05) is 5.32 Å². The summed E-state index contributed by atoms with van der Waals surface area (Å²) < 4.78 is 5.14. The van der Waals surface area contributed by atoms with Gasteiger partial charge in [0.05, 0.1) is 0 Å². The number of rotatable bonds is 3. The maximum atomic E-state index is 12.1. The van der Waals surface area contributed by atoms with Gasteiger partial charge in [0.15, 0.2) is 11.5 Å². The van der Waals surface area contributed by atoms with E-state index in [2.05, 4.69) is 15.5 Å². The number of halogens is 1. The van der Waals surface area contributed by atoms with Crippen LogP contribution >= 0.6 is 11.6 Å². The van der Waals surface area contributed by atoms with Crippen molar-refractivity contribution < 1.29 is 9.32 Å². The second-order valence-electron chi connectivity index (χ2n) is 4.45. The lowest BCUT2D eigenvalue weighted by molar-refractivity contribution is 0.101. The van der Waals surface area contributed by atoms with Gasteiger partial charge in [-0.25, -0.2) is 0 Å². The fraction of sp³-hybridized carbons (Fsp3) is 0. The molecule has 0 saturated carbocycles. The molecule has 0 saturated heterocycles. The molecule has 7 heteroatoms. The van der Waals surface area contributed by atoms with Gasteiger partial charge in [0, 0.05) is 22.8 Å². The summed E-state index contributed by atoms with van der Waals surface area (Å²) in [5.74, 6) is -0.122. The molecule has 110 valence electrons. The number of nitrogens with one attached hydrogen (secondary N) is 2. The summed E-state index contributed by atoms with van der Waals surface area (Å²) in [5.41, 5.74) is 0.518. The predicted molar refractivity (Wildman–Crippen MR) is 82.0 cm³/mol. The van der Waals surface area contributed by atoms with Gasteiger partial charge in [-0.2, -0.15) is 0 Å². The molecule has 6 nitrogen and oxygen atoms in total. The Kier molecular flexibility index (Phi) is 3.76. The second-order valence-corrected chi connectivity index (χ2v) is 4.89. The lowest BCUT2D eigenvalue weighted by Gasteiger charge is -1.99. The highest BCUT2D eigenvalue weighted by Gasteiger charge is 2.15. The monoisotopic (exact) mass is 315 g/mol. The molecule has 0 bridgehead atoms. The Balaban J connectivity index is 1.83. The normalized spacial score (nSPS) is 10.4. The number of pyridine rings is 1. The minimum atomic E-state index is -0.534. The molecule has 0 unspecified atom stereocenters. The SMILES string of the molecule is O=C(Nc1ccc[nH]c1=O)c1cc(-c2cccc(Cl)c2)on1. The van der Waals surface area contributed by atoms with Gasteiger partial charge >= 0.3 is 0 Å². The summed E-state index contributed by atoms with van der Waals surface area (Å²) in [6.07, 6.45) is 1.48. The van der Waals surface area contributed by atoms with Gasteiger partial charge in [-0.15, -0.1) is 0 Å². The third-order valence-electron chi connectivity index (χ3n) is 2.92. The quantitative estimate of drug-likeness (QED) is 0.777. The summed E-state index contributed by atoms with van der Waals surface area (Å²) >= 11 is 5.91. The summed E-state index contributed by atoms with van der Waals surface area (Å²) in [6, 6.07) is 11.6. The Hall–Kier alpha value is -2.86. The van der Waals surface area contributed by atoms with Crippen molar-refractivity contribution in [3.63, 3.8) is 0 Å². The van der Waals surface area contributed by atoms with E-state index in [0.717, 1.165) is 0 Å². The van der Waals surface area contributed by atoms with Crippen LogP contribution in [0, 0.1) is 0 Å². The number of H-pyrrole nitrogens is 1. The first-order valence-corrected chi connectivity index (χ1v) is 6.73. The van der Waals surface area contributed by atoms with Crippen LogP contribution in [0.2, 0.25) is 5.02 Å². The number of aromatic nitrogens is 2. The van der Waals surface area contributed by atoms with E-state index >= 15 is 0 Å². The van der Waals surface area contributed by atoms with E-state index in [1.807, 2.05) is 0 Å². The standard InChI is InChI=1S/C15H10ClN3O3/c16-10-4-1-3-9(7-10)13-8-12(19-22-13)15(21)18-11-5-2-6-17-14(11)20/h1-8H,(H,17,20)(H,18,21). The van der Waals surface area contributed by atoms with Crippen LogP contribution in [0.25, 0.3) is 11.3 Å². The van der Waals surface area contributed by atoms with Crippen LogP contribution < -0.4 is 10.9 Å². The fourth-order valence-electron chi connectivity index (χ4n) is 1.87. The maximum absolute atomic E-state index is 12.1. The number of aromatic amines is 1. The van der Waals surface area contributed by atoms with E-state index in [4.69, 9.17) is 16.1 Å². The molecule has 0 aliphatic carbocycles. The Morgan fingerprint density at radius 2 is 2.09 bits per heavy atom. The van der Waals surface area contributed by atoms with Crippen LogP contribution in [-0.4, -0.2) is 16.0 Å². The number of hydrogen-bond acceptors (Lipinski definition) is 4. The van der Waals surface area contributed by atoms with Gasteiger partial charge in [-0.1, -0.05) is 28.9 Å². The molecule has 0 spiro atoms. The van der Waals surface area contributed by atoms with Crippen LogP contribution in [0.1, 0.15) is 10.5 Å². The third kappa shape index (κ3) is 2.91. The number of nitrogens with zero attached hydrogens (tertiary/aromatic N) is 1. The van der Waals surface area contributed by atoms with Crippen LogP contribution in [0.3, 0.4) is 0 Å². The topological polar surface area (TPSA) is 88.0 Å². The van der Waals surface area contributed by atoms with Crippen molar-refractivity contribution in [3.05, 3.63) is 69.7 Å². The molecule has 2 N–H and O–H groups in total. The number of benzene rings is 1. The Labute approximate surface area is 129 Å². The van der Waals surface area contributed by atoms with E-state index in [0.29, 0.717) is 16.3 Å².